The number of carbonyl (C=O) groups is 1. The van der Waals surface area contributed by atoms with Crippen LogP contribution in [0.25, 0.3) is 0 Å². The van der Waals surface area contributed by atoms with Crippen LogP contribution in [0.5, 0.6) is 0 Å². The largest absolute Gasteiger partial charge is 0.353 e. The molecule has 116 valence electrons. The summed E-state index contributed by atoms with van der Waals surface area (Å²) in [4.78, 5) is 14.7. The van der Waals surface area contributed by atoms with E-state index in [0.717, 1.165) is 32.2 Å². The summed E-state index contributed by atoms with van der Waals surface area (Å²) in [6.45, 7) is 3.33. The molecule has 2 N–H and O–H groups in total. The van der Waals surface area contributed by atoms with E-state index in [1.54, 1.807) is 0 Å². The Bertz CT molecular complexity index is 326. The molecule has 1 aliphatic heterocycles. The van der Waals surface area contributed by atoms with Crippen LogP contribution in [0.2, 0.25) is 0 Å². The molecule has 0 spiro atoms. The molecule has 0 aromatic rings. The SMILES string of the molecule is CNC1(CC(=O)NC2CCN(C)C(C)C2)CCCCC1. The van der Waals surface area contributed by atoms with Gasteiger partial charge in [-0.05, 0) is 46.7 Å². The molecule has 20 heavy (non-hydrogen) atoms. The monoisotopic (exact) mass is 281 g/mol. The van der Waals surface area contributed by atoms with Crippen LogP contribution in [0.4, 0.5) is 0 Å². The molecule has 1 aliphatic carbocycles. The van der Waals surface area contributed by atoms with Gasteiger partial charge in [0.25, 0.3) is 0 Å². The number of carbonyl (C=O) groups excluding carboxylic acids is 1. The fourth-order valence-electron chi connectivity index (χ4n) is 3.75. The highest BCUT2D eigenvalue weighted by molar-refractivity contribution is 5.77. The van der Waals surface area contributed by atoms with Gasteiger partial charge in [0.15, 0.2) is 0 Å². The number of nitrogens with zero attached hydrogens (tertiary/aromatic N) is 1. The van der Waals surface area contributed by atoms with Gasteiger partial charge in [-0.15, -0.1) is 0 Å². The fraction of sp³-hybridized carbons (Fsp3) is 0.938. The summed E-state index contributed by atoms with van der Waals surface area (Å²) in [5, 5.41) is 6.70. The van der Waals surface area contributed by atoms with E-state index in [1.807, 2.05) is 7.05 Å². The van der Waals surface area contributed by atoms with Gasteiger partial charge in [-0.2, -0.15) is 0 Å². The summed E-state index contributed by atoms with van der Waals surface area (Å²) in [7, 11) is 4.18. The first-order valence-electron chi connectivity index (χ1n) is 8.23. The minimum atomic E-state index is 0.0550. The van der Waals surface area contributed by atoms with E-state index in [2.05, 4.69) is 29.5 Å². The van der Waals surface area contributed by atoms with Crippen LogP contribution in [-0.2, 0) is 4.79 Å². The standard InChI is InChI=1S/C16H31N3O/c1-13-11-14(7-10-19(13)3)18-15(20)12-16(17-2)8-5-4-6-9-16/h13-14,17H,4-12H2,1-3H3,(H,18,20). The second-order valence-corrected chi connectivity index (χ2v) is 6.89. The molecule has 2 fully saturated rings. The smallest absolute Gasteiger partial charge is 0.222 e. The second-order valence-electron chi connectivity index (χ2n) is 6.89. The first kappa shape index (κ1) is 15.8. The normalized spacial score (nSPS) is 30.9. The van der Waals surface area contributed by atoms with E-state index in [9.17, 15) is 4.79 Å². The van der Waals surface area contributed by atoms with Crippen molar-refractivity contribution in [2.75, 3.05) is 20.6 Å². The zero-order chi connectivity index (χ0) is 14.6. The Labute approximate surface area is 123 Å². The van der Waals surface area contributed by atoms with Gasteiger partial charge in [0.2, 0.25) is 5.91 Å². The van der Waals surface area contributed by atoms with Gasteiger partial charge in [-0.1, -0.05) is 19.3 Å². The van der Waals surface area contributed by atoms with Crippen LogP contribution in [-0.4, -0.2) is 49.1 Å². The van der Waals surface area contributed by atoms with Crippen LogP contribution < -0.4 is 10.6 Å². The molecule has 0 bridgehead atoms. The van der Waals surface area contributed by atoms with Crippen molar-refractivity contribution in [2.45, 2.75) is 75.9 Å². The van der Waals surface area contributed by atoms with Crippen molar-refractivity contribution >= 4 is 5.91 Å². The summed E-state index contributed by atoms with van der Waals surface area (Å²) >= 11 is 0. The first-order chi connectivity index (χ1) is 9.54. The van der Waals surface area contributed by atoms with Crippen LogP contribution in [0.1, 0.15) is 58.3 Å². The van der Waals surface area contributed by atoms with Crippen molar-refractivity contribution in [1.82, 2.24) is 15.5 Å². The van der Waals surface area contributed by atoms with E-state index in [0.29, 0.717) is 18.5 Å². The minimum Gasteiger partial charge on any atom is -0.353 e. The van der Waals surface area contributed by atoms with Crippen molar-refractivity contribution in [2.24, 2.45) is 0 Å². The van der Waals surface area contributed by atoms with Crippen LogP contribution in [0, 0.1) is 0 Å². The quantitative estimate of drug-likeness (QED) is 0.827. The van der Waals surface area contributed by atoms with Gasteiger partial charge < -0.3 is 15.5 Å². The zero-order valence-electron chi connectivity index (χ0n) is 13.4. The number of nitrogens with one attached hydrogen (secondary N) is 2. The fourth-order valence-corrected chi connectivity index (χ4v) is 3.75. The first-order valence-corrected chi connectivity index (χ1v) is 8.23. The number of hydrogen-bond acceptors (Lipinski definition) is 3. The van der Waals surface area contributed by atoms with Crippen molar-refractivity contribution in [3.63, 3.8) is 0 Å². The van der Waals surface area contributed by atoms with Gasteiger partial charge in [0.1, 0.15) is 0 Å². The highest BCUT2D eigenvalue weighted by Gasteiger charge is 2.33. The predicted octanol–water partition coefficient (Wildman–Crippen LogP) is 1.90. The van der Waals surface area contributed by atoms with Gasteiger partial charge in [-0.25, -0.2) is 0 Å². The van der Waals surface area contributed by atoms with Gasteiger partial charge >= 0.3 is 0 Å². The van der Waals surface area contributed by atoms with Crippen LogP contribution in [0.15, 0.2) is 0 Å². The Morgan fingerprint density at radius 2 is 2.00 bits per heavy atom. The Balaban J connectivity index is 1.82. The zero-order valence-corrected chi connectivity index (χ0v) is 13.4. The maximum absolute atomic E-state index is 12.4. The number of hydrogen-bond donors (Lipinski definition) is 2. The Morgan fingerprint density at radius 1 is 1.30 bits per heavy atom. The third kappa shape index (κ3) is 3.95. The average molecular weight is 281 g/mol. The molecule has 1 saturated heterocycles. The molecule has 0 radical (unpaired) electrons. The van der Waals surface area contributed by atoms with Crippen molar-refractivity contribution in [3.8, 4) is 0 Å². The molecule has 4 nitrogen and oxygen atoms in total. The Morgan fingerprint density at radius 3 is 2.60 bits per heavy atom. The lowest BCUT2D eigenvalue weighted by atomic mass is 9.79. The summed E-state index contributed by atoms with van der Waals surface area (Å²) < 4.78 is 0. The van der Waals surface area contributed by atoms with Crippen molar-refractivity contribution < 1.29 is 4.79 Å². The van der Waals surface area contributed by atoms with Gasteiger partial charge in [0, 0.05) is 30.6 Å². The summed E-state index contributed by atoms with van der Waals surface area (Å²) in [5.74, 6) is 0.239. The third-order valence-corrected chi connectivity index (χ3v) is 5.41. The molecule has 0 aromatic heterocycles. The number of piperidine rings is 1. The van der Waals surface area contributed by atoms with E-state index >= 15 is 0 Å². The number of likely N-dealkylation sites (tertiary alicyclic amines) is 1. The summed E-state index contributed by atoms with van der Waals surface area (Å²) in [5.41, 5.74) is 0.0550. The lowest BCUT2D eigenvalue weighted by Gasteiger charge is -2.38. The molecule has 1 saturated carbocycles. The van der Waals surface area contributed by atoms with Crippen molar-refractivity contribution in [1.29, 1.82) is 0 Å². The number of rotatable bonds is 4. The Hall–Kier alpha value is -0.610. The van der Waals surface area contributed by atoms with Crippen molar-refractivity contribution in [3.05, 3.63) is 0 Å². The molecule has 4 heteroatoms. The molecular formula is C16H31N3O. The van der Waals surface area contributed by atoms with Gasteiger partial charge in [0.05, 0.1) is 0 Å². The van der Waals surface area contributed by atoms with Gasteiger partial charge in [-0.3, -0.25) is 4.79 Å². The molecule has 2 aliphatic rings. The number of amides is 1. The molecule has 2 rings (SSSR count). The lowest BCUT2D eigenvalue weighted by molar-refractivity contribution is -0.124. The molecule has 2 atom stereocenters. The maximum Gasteiger partial charge on any atom is 0.222 e. The van der Waals surface area contributed by atoms with Crippen LogP contribution in [0.3, 0.4) is 0 Å². The highest BCUT2D eigenvalue weighted by Crippen LogP contribution is 2.30. The summed E-state index contributed by atoms with van der Waals surface area (Å²) in [6, 6.07) is 0.938. The van der Waals surface area contributed by atoms with E-state index in [-0.39, 0.29) is 11.4 Å². The minimum absolute atomic E-state index is 0.0550. The second kappa shape index (κ2) is 6.90. The molecule has 2 unspecified atom stereocenters. The maximum atomic E-state index is 12.4. The summed E-state index contributed by atoms with van der Waals surface area (Å²) in [6.07, 6.45) is 8.90. The third-order valence-electron chi connectivity index (χ3n) is 5.41. The van der Waals surface area contributed by atoms with E-state index < -0.39 is 0 Å². The Kier molecular flexibility index (Phi) is 5.44. The topological polar surface area (TPSA) is 44.4 Å². The predicted molar refractivity (Wildman–Crippen MR) is 82.7 cm³/mol. The van der Waals surface area contributed by atoms with E-state index in [1.165, 1.54) is 19.3 Å². The van der Waals surface area contributed by atoms with Crippen LogP contribution >= 0.6 is 0 Å². The lowest BCUT2D eigenvalue weighted by Crippen LogP contribution is -2.51. The average Bonchev–Trinajstić information content (AvgIpc) is 2.44. The molecule has 0 aromatic carbocycles. The molecule has 1 heterocycles. The van der Waals surface area contributed by atoms with E-state index in [4.69, 9.17) is 0 Å². The highest BCUT2D eigenvalue weighted by atomic mass is 16.1. The molecule has 1 amide bonds. The molecular weight excluding hydrogens is 250 g/mol.